The monoisotopic (exact) mass is 497 g/mol. The SMILES string of the molecule is COCCNS(=O)(=O)c1ccc(CNS(=O)(=O)c2cc(N3CCCC3=O)ccc2OC)cc1. The number of carbonyl (C=O) groups is 1. The topological polar surface area (TPSA) is 131 Å². The number of ether oxygens (including phenoxy) is 2. The van der Waals surface area contributed by atoms with Crippen molar-refractivity contribution < 1.29 is 31.1 Å². The van der Waals surface area contributed by atoms with Crippen LogP contribution in [-0.4, -0.2) is 56.7 Å². The molecule has 0 atom stereocenters. The lowest BCUT2D eigenvalue weighted by Crippen LogP contribution is -2.27. The molecule has 180 valence electrons. The molecule has 12 heteroatoms. The van der Waals surface area contributed by atoms with Crippen LogP contribution in [-0.2, 0) is 36.1 Å². The fourth-order valence-corrected chi connectivity index (χ4v) is 5.59. The first-order chi connectivity index (χ1) is 15.7. The van der Waals surface area contributed by atoms with Crippen LogP contribution in [0.4, 0.5) is 5.69 Å². The summed E-state index contributed by atoms with van der Waals surface area (Å²) in [4.78, 5) is 13.6. The predicted octanol–water partition coefficient (Wildman–Crippen LogP) is 1.23. The van der Waals surface area contributed by atoms with Gasteiger partial charge in [-0.25, -0.2) is 26.3 Å². The molecule has 0 aliphatic carbocycles. The zero-order valence-electron chi connectivity index (χ0n) is 18.4. The minimum atomic E-state index is -3.98. The van der Waals surface area contributed by atoms with Crippen molar-refractivity contribution in [2.24, 2.45) is 0 Å². The highest BCUT2D eigenvalue weighted by Crippen LogP contribution is 2.31. The summed E-state index contributed by atoms with van der Waals surface area (Å²) in [5.74, 6) is 0.102. The fraction of sp³-hybridized carbons (Fsp3) is 0.381. The molecule has 0 saturated carbocycles. The van der Waals surface area contributed by atoms with Crippen LogP contribution in [0.3, 0.4) is 0 Å². The van der Waals surface area contributed by atoms with Crippen LogP contribution in [0.2, 0.25) is 0 Å². The first kappa shape index (κ1) is 25.1. The van der Waals surface area contributed by atoms with Crippen LogP contribution in [0.1, 0.15) is 18.4 Å². The Hall–Kier alpha value is -2.51. The van der Waals surface area contributed by atoms with Gasteiger partial charge in [0.2, 0.25) is 26.0 Å². The Labute approximate surface area is 194 Å². The van der Waals surface area contributed by atoms with Crippen LogP contribution in [0.15, 0.2) is 52.3 Å². The first-order valence-electron chi connectivity index (χ1n) is 10.2. The van der Waals surface area contributed by atoms with Gasteiger partial charge >= 0.3 is 0 Å². The lowest BCUT2D eigenvalue weighted by molar-refractivity contribution is -0.117. The number of methoxy groups -OCH3 is 2. The number of amides is 1. The maximum Gasteiger partial charge on any atom is 0.244 e. The van der Waals surface area contributed by atoms with Gasteiger partial charge in [-0.1, -0.05) is 12.1 Å². The van der Waals surface area contributed by atoms with Crippen molar-refractivity contribution in [2.75, 3.05) is 38.8 Å². The van der Waals surface area contributed by atoms with Crippen LogP contribution in [0.25, 0.3) is 0 Å². The highest BCUT2D eigenvalue weighted by atomic mass is 32.2. The van der Waals surface area contributed by atoms with Crippen molar-refractivity contribution >= 4 is 31.6 Å². The summed E-state index contributed by atoms with van der Waals surface area (Å²) in [6, 6.07) is 10.5. The van der Waals surface area contributed by atoms with E-state index < -0.39 is 20.0 Å². The average molecular weight is 498 g/mol. The van der Waals surface area contributed by atoms with Gasteiger partial charge in [-0.05, 0) is 42.3 Å². The minimum Gasteiger partial charge on any atom is -0.495 e. The molecule has 0 aromatic heterocycles. The van der Waals surface area contributed by atoms with Gasteiger partial charge in [-0.2, -0.15) is 0 Å². The third-order valence-corrected chi connectivity index (χ3v) is 8.02. The summed E-state index contributed by atoms with van der Waals surface area (Å²) >= 11 is 0. The molecule has 0 bridgehead atoms. The van der Waals surface area contributed by atoms with Crippen LogP contribution in [0, 0.1) is 0 Å². The second kappa shape index (κ2) is 10.6. The quantitative estimate of drug-likeness (QED) is 0.446. The third-order valence-electron chi connectivity index (χ3n) is 5.12. The van der Waals surface area contributed by atoms with Crippen molar-refractivity contribution in [3.05, 3.63) is 48.0 Å². The molecule has 2 N–H and O–H groups in total. The molecule has 1 aliphatic rings. The Balaban J connectivity index is 1.74. The molecule has 10 nitrogen and oxygen atoms in total. The number of hydrogen-bond acceptors (Lipinski definition) is 7. The highest BCUT2D eigenvalue weighted by molar-refractivity contribution is 7.89. The molecule has 1 aliphatic heterocycles. The van der Waals surface area contributed by atoms with Crippen molar-refractivity contribution in [1.29, 1.82) is 0 Å². The number of nitrogens with zero attached hydrogens (tertiary/aromatic N) is 1. The van der Waals surface area contributed by atoms with Gasteiger partial charge in [-0.15, -0.1) is 0 Å². The molecule has 1 heterocycles. The second-order valence-electron chi connectivity index (χ2n) is 7.34. The number of benzene rings is 2. The van der Waals surface area contributed by atoms with Gasteiger partial charge < -0.3 is 14.4 Å². The smallest absolute Gasteiger partial charge is 0.244 e. The van der Waals surface area contributed by atoms with E-state index in [1.54, 1.807) is 11.0 Å². The molecule has 0 spiro atoms. The zero-order chi connectivity index (χ0) is 24.1. The van der Waals surface area contributed by atoms with Gasteiger partial charge in [-0.3, -0.25) is 4.79 Å². The van der Waals surface area contributed by atoms with Crippen LogP contribution in [0.5, 0.6) is 5.75 Å². The van der Waals surface area contributed by atoms with Crippen molar-refractivity contribution in [2.45, 2.75) is 29.2 Å². The third kappa shape index (κ3) is 6.09. The molecule has 2 aromatic rings. The van der Waals surface area contributed by atoms with Gasteiger partial charge in [0.25, 0.3) is 0 Å². The van der Waals surface area contributed by atoms with E-state index in [1.807, 2.05) is 0 Å². The minimum absolute atomic E-state index is 0.0526. The molecule has 0 unspecified atom stereocenters. The van der Waals surface area contributed by atoms with Gasteiger partial charge in [0.05, 0.1) is 18.6 Å². The summed E-state index contributed by atoms with van der Waals surface area (Å²) in [5, 5.41) is 0. The van der Waals surface area contributed by atoms with E-state index in [9.17, 15) is 21.6 Å². The van der Waals surface area contributed by atoms with E-state index in [1.165, 1.54) is 50.6 Å². The number of anilines is 1. The maximum absolute atomic E-state index is 13.0. The van der Waals surface area contributed by atoms with Crippen LogP contribution >= 0.6 is 0 Å². The Kier molecular flexibility index (Phi) is 8.08. The first-order valence-corrected chi connectivity index (χ1v) is 13.2. The molecule has 33 heavy (non-hydrogen) atoms. The van der Waals surface area contributed by atoms with Crippen LogP contribution < -0.4 is 19.1 Å². The van der Waals surface area contributed by atoms with E-state index in [0.29, 0.717) is 24.2 Å². The van der Waals surface area contributed by atoms with Crippen molar-refractivity contribution in [3.63, 3.8) is 0 Å². The number of rotatable bonds is 11. The van der Waals surface area contributed by atoms with E-state index in [-0.39, 0.29) is 41.1 Å². The lowest BCUT2D eigenvalue weighted by Gasteiger charge is -2.18. The molecular weight excluding hydrogens is 470 g/mol. The second-order valence-corrected chi connectivity index (χ2v) is 10.8. The Morgan fingerprint density at radius 2 is 1.70 bits per heavy atom. The van der Waals surface area contributed by atoms with E-state index in [2.05, 4.69) is 9.44 Å². The van der Waals surface area contributed by atoms with Crippen molar-refractivity contribution in [3.8, 4) is 5.75 Å². The fourth-order valence-electron chi connectivity index (χ4n) is 3.37. The summed E-state index contributed by atoms with van der Waals surface area (Å²) in [6.07, 6.45) is 1.15. The van der Waals surface area contributed by atoms with Gasteiger partial charge in [0.1, 0.15) is 10.6 Å². The molecule has 0 radical (unpaired) electrons. The van der Waals surface area contributed by atoms with E-state index in [4.69, 9.17) is 9.47 Å². The molecule has 3 rings (SSSR count). The molecule has 2 aromatic carbocycles. The number of nitrogens with one attached hydrogen (secondary N) is 2. The van der Waals surface area contributed by atoms with E-state index >= 15 is 0 Å². The highest BCUT2D eigenvalue weighted by Gasteiger charge is 2.26. The molecule has 1 fully saturated rings. The molecule has 1 amide bonds. The van der Waals surface area contributed by atoms with Gasteiger partial charge in [0, 0.05) is 38.9 Å². The molecular formula is C21H27N3O7S2. The summed E-state index contributed by atoms with van der Waals surface area (Å²) in [5.41, 5.74) is 1.06. The Morgan fingerprint density at radius 3 is 2.30 bits per heavy atom. The van der Waals surface area contributed by atoms with Gasteiger partial charge in [0.15, 0.2) is 0 Å². The average Bonchev–Trinajstić information content (AvgIpc) is 3.23. The van der Waals surface area contributed by atoms with E-state index in [0.717, 1.165) is 6.42 Å². The number of hydrogen-bond donors (Lipinski definition) is 2. The zero-order valence-corrected chi connectivity index (χ0v) is 20.0. The number of sulfonamides is 2. The Morgan fingerprint density at radius 1 is 0.970 bits per heavy atom. The van der Waals surface area contributed by atoms with Crippen molar-refractivity contribution in [1.82, 2.24) is 9.44 Å². The number of carbonyl (C=O) groups excluding carboxylic acids is 1. The Bertz CT molecular complexity index is 1200. The maximum atomic E-state index is 13.0. The standard InChI is InChI=1S/C21H27N3O7S2/c1-30-13-11-22-32(26,27)18-8-5-16(6-9-18)15-23-33(28,29)20-14-17(7-10-19(20)31-2)24-12-3-4-21(24)25/h5-10,14,22-23H,3-4,11-13,15H2,1-2H3. The molecule has 1 saturated heterocycles. The predicted molar refractivity (Wildman–Crippen MR) is 122 cm³/mol. The summed E-state index contributed by atoms with van der Waals surface area (Å²) < 4.78 is 65.4. The summed E-state index contributed by atoms with van der Waals surface area (Å²) in [6.45, 7) is 0.865. The normalized spacial score (nSPS) is 14.6. The lowest BCUT2D eigenvalue weighted by atomic mass is 10.2. The summed E-state index contributed by atoms with van der Waals surface area (Å²) in [7, 11) is -4.82. The largest absolute Gasteiger partial charge is 0.495 e.